The van der Waals surface area contributed by atoms with Crippen LogP contribution in [0.3, 0.4) is 0 Å². The van der Waals surface area contributed by atoms with E-state index in [2.05, 4.69) is 24.3 Å². The molecule has 0 aromatic heterocycles. The van der Waals surface area contributed by atoms with Crippen molar-refractivity contribution in [3.63, 3.8) is 0 Å². The van der Waals surface area contributed by atoms with Crippen molar-refractivity contribution >= 4 is 11.9 Å². The van der Waals surface area contributed by atoms with Crippen molar-refractivity contribution in [3.8, 4) is 0 Å². The fraction of sp³-hybridized carbons (Fsp3) is 0.579. The lowest BCUT2D eigenvalue weighted by molar-refractivity contribution is -0.144. The minimum atomic E-state index is -0.617. The lowest BCUT2D eigenvalue weighted by atomic mass is 10.1. The summed E-state index contributed by atoms with van der Waals surface area (Å²) in [6, 6.07) is 8.29. The Labute approximate surface area is 144 Å². The topological polar surface area (TPSA) is 66.8 Å². The van der Waals surface area contributed by atoms with Gasteiger partial charge in [0.05, 0.1) is 19.1 Å². The van der Waals surface area contributed by atoms with Crippen LogP contribution in [0, 0.1) is 6.92 Å². The van der Waals surface area contributed by atoms with Crippen LogP contribution in [0.25, 0.3) is 0 Å². The summed E-state index contributed by atoms with van der Waals surface area (Å²) in [7, 11) is 0. The molecule has 1 rings (SSSR count). The van der Waals surface area contributed by atoms with E-state index in [4.69, 9.17) is 4.74 Å². The quantitative estimate of drug-likeness (QED) is 0.667. The lowest BCUT2D eigenvalue weighted by Gasteiger charge is -2.23. The van der Waals surface area contributed by atoms with Gasteiger partial charge in [-0.1, -0.05) is 29.8 Å². The summed E-state index contributed by atoms with van der Waals surface area (Å²) in [6.45, 7) is 6.29. The monoisotopic (exact) mass is 335 g/mol. The van der Waals surface area contributed by atoms with Crippen molar-refractivity contribution in [1.82, 2.24) is 4.90 Å². The molecule has 1 aromatic carbocycles. The van der Waals surface area contributed by atoms with Crippen LogP contribution < -0.4 is 0 Å². The predicted octanol–water partition coefficient (Wildman–Crippen LogP) is 2.48. The van der Waals surface area contributed by atoms with E-state index in [1.165, 1.54) is 11.1 Å². The van der Waals surface area contributed by atoms with E-state index in [0.29, 0.717) is 13.0 Å². The highest BCUT2D eigenvalue weighted by atomic mass is 16.5. The highest BCUT2D eigenvalue weighted by Crippen LogP contribution is 2.09. The van der Waals surface area contributed by atoms with Gasteiger partial charge >= 0.3 is 5.97 Å². The van der Waals surface area contributed by atoms with E-state index >= 15 is 0 Å². The van der Waals surface area contributed by atoms with E-state index in [1.807, 2.05) is 6.92 Å². The molecule has 134 valence electrons. The highest BCUT2D eigenvalue weighted by Gasteiger charge is 2.17. The van der Waals surface area contributed by atoms with Crippen molar-refractivity contribution < 1.29 is 19.4 Å². The number of aliphatic hydroxyl groups is 1. The molecular formula is C19H29NO4. The summed E-state index contributed by atoms with van der Waals surface area (Å²) in [5.74, 6) is -0.354. The summed E-state index contributed by atoms with van der Waals surface area (Å²) < 4.78 is 4.89. The fourth-order valence-corrected chi connectivity index (χ4v) is 2.45. The first-order valence-corrected chi connectivity index (χ1v) is 8.59. The first-order valence-electron chi connectivity index (χ1n) is 8.59. The molecule has 0 aliphatic heterocycles. The zero-order valence-corrected chi connectivity index (χ0v) is 15.0. The molecular weight excluding hydrogens is 306 g/mol. The number of aliphatic hydroxyl groups excluding tert-OH is 1. The van der Waals surface area contributed by atoms with Gasteiger partial charge in [-0.2, -0.15) is 0 Å². The second-order valence-electron chi connectivity index (χ2n) is 6.08. The van der Waals surface area contributed by atoms with Crippen LogP contribution in [0.1, 0.15) is 44.2 Å². The van der Waals surface area contributed by atoms with Crippen LogP contribution in [0.2, 0.25) is 0 Å². The van der Waals surface area contributed by atoms with Crippen LogP contribution in [-0.2, 0) is 20.7 Å². The Balaban J connectivity index is 2.45. The number of hydrogen-bond donors (Lipinski definition) is 1. The van der Waals surface area contributed by atoms with Gasteiger partial charge in [0.1, 0.15) is 0 Å². The molecule has 5 nitrogen and oxygen atoms in total. The standard InChI is InChI=1S/C19H29NO4/c1-4-24-19(23)12-13-20(14-16(3)21)18(22)7-5-6-17-10-8-15(2)9-11-17/h8-11,16,21H,4-7,12-14H2,1-3H3. The number of ether oxygens (including phenoxy) is 1. The predicted molar refractivity (Wildman–Crippen MR) is 93.6 cm³/mol. The van der Waals surface area contributed by atoms with Gasteiger partial charge in [-0.3, -0.25) is 9.59 Å². The number of rotatable bonds is 10. The minimum Gasteiger partial charge on any atom is -0.466 e. The molecule has 0 aliphatic rings. The van der Waals surface area contributed by atoms with E-state index < -0.39 is 6.10 Å². The first kappa shape index (κ1) is 20.2. The summed E-state index contributed by atoms with van der Waals surface area (Å²) in [5, 5.41) is 9.56. The minimum absolute atomic E-state index is 0.0349. The maximum Gasteiger partial charge on any atom is 0.307 e. The van der Waals surface area contributed by atoms with Crippen molar-refractivity contribution in [2.75, 3.05) is 19.7 Å². The normalized spacial score (nSPS) is 11.8. The number of aryl methyl sites for hydroxylation is 2. The van der Waals surface area contributed by atoms with Crippen LogP contribution in [0.15, 0.2) is 24.3 Å². The smallest absolute Gasteiger partial charge is 0.307 e. The largest absolute Gasteiger partial charge is 0.466 e. The maximum atomic E-state index is 12.4. The molecule has 1 N–H and O–H groups in total. The second kappa shape index (κ2) is 10.8. The van der Waals surface area contributed by atoms with Gasteiger partial charge in [0.15, 0.2) is 0 Å². The van der Waals surface area contributed by atoms with Gasteiger partial charge < -0.3 is 14.7 Å². The van der Waals surface area contributed by atoms with Gasteiger partial charge in [-0.15, -0.1) is 0 Å². The number of nitrogens with zero attached hydrogens (tertiary/aromatic N) is 1. The van der Waals surface area contributed by atoms with E-state index in [-0.39, 0.29) is 31.4 Å². The molecule has 0 aliphatic carbocycles. The third kappa shape index (κ3) is 8.11. The Morgan fingerprint density at radius 2 is 1.88 bits per heavy atom. The number of carbonyl (C=O) groups excluding carboxylic acids is 2. The average Bonchev–Trinajstić information content (AvgIpc) is 2.53. The summed E-state index contributed by atoms with van der Waals surface area (Å²) in [6.07, 6.45) is 1.53. The molecule has 1 aromatic rings. The second-order valence-corrected chi connectivity index (χ2v) is 6.08. The van der Waals surface area contributed by atoms with Crippen molar-refractivity contribution in [3.05, 3.63) is 35.4 Å². The summed E-state index contributed by atoms with van der Waals surface area (Å²) >= 11 is 0. The molecule has 0 radical (unpaired) electrons. The molecule has 0 heterocycles. The van der Waals surface area contributed by atoms with E-state index in [0.717, 1.165) is 12.8 Å². The van der Waals surface area contributed by atoms with Crippen LogP contribution in [-0.4, -0.2) is 47.7 Å². The molecule has 0 fully saturated rings. The molecule has 0 bridgehead atoms. The third-order valence-corrected chi connectivity index (χ3v) is 3.71. The van der Waals surface area contributed by atoms with Crippen molar-refractivity contribution in [2.24, 2.45) is 0 Å². The van der Waals surface area contributed by atoms with E-state index in [9.17, 15) is 14.7 Å². The maximum absolute atomic E-state index is 12.4. The number of carbonyl (C=O) groups is 2. The number of esters is 1. The van der Waals surface area contributed by atoms with Gasteiger partial charge in [0.25, 0.3) is 0 Å². The molecule has 0 spiro atoms. The molecule has 1 amide bonds. The van der Waals surface area contributed by atoms with Gasteiger partial charge in [0, 0.05) is 19.5 Å². The molecule has 0 saturated heterocycles. The zero-order chi connectivity index (χ0) is 17.9. The summed E-state index contributed by atoms with van der Waals surface area (Å²) in [5.41, 5.74) is 2.43. The molecule has 24 heavy (non-hydrogen) atoms. The SMILES string of the molecule is CCOC(=O)CCN(CC(C)O)C(=O)CCCc1ccc(C)cc1. The average molecular weight is 335 g/mol. The van der Waals surface area contributed by atoms with Crippen LogP contribution in [0.4, 0.5) is 0 Å². The number of amides is 1. The Morgan fingerprint density at radius 1 is 1.21 bits per heavy atom. The Hall–Kier alpha value is -1.88. The van der Waals surface area contributed by atoms with Gasteiger partial charge in [-0.05, 0) is 39.2 Å². The van der Waals surface area contributed by atoms with Gasteiger partial charge in [0.2, 0.25) is 5.91 Å². The van der Waals surface area contributed by atoms with Crippen LogP contribution >= 0.6 is 0 Å². The Bertz CT molecular complexity index is 511. The fourth-order valence-electron chi connectivity index (χ4n) is 2.45. The Morgan fingerprint density at radius 3 is 2.46 bits per heavy atom. The number of hydrogen-bond acceptors (Lipinski definition) is 4. The Kier molecular flexibility index (Phi) is 9.08. The summed E-state index contributed by atoms with van der Waals surface area (Å²) in [4.78, 5) is 25.4. The molecule has 1 unspecified atom stereocenters. The third-order valence-electron chi connectivity index (χ3n) is 3.71. The first-order chi connectivity index (χ1) is 11.4. The zero-order valence-electron chi connectivity index (χ0n) is 15.0. The lowest BCUT2D eigenvalue weighted by Crippen LogP contribution is -2.38. The van der Waals surface area contributed by atoms with Gasteiger partial charge in [-0.25, -0.2) is 0 Å². The van der Waals surface area contributed by atoms with Crippen LogP contribution in [0.5, 0.6) is 0 Å². The van der Waals surface area contributed by atoms with Crippen molar-refractivity contribution in [1.29, 1.82) is 0 Å². The number of benzene rings is 1. The highest BCUT2D eigenvalue weighted by molar-refractivity contribution is 5.77. The molecule has 1 atom stereocenters. The molecule has 5 heteroatoms. The van der Waals surface area contributed by atoms with Crippen molar-refractivity contribution in [2.45, 2.75) is 52.6 Å². The van der Waals surface area contributed by atoms with E-state index in [1.54, 1.807) is 18.7 Å². The molecule has 0 saturated carbocycles.